The van der Waals surface area contributed by atoms with Gasteiger partial charge in [-0.25, -0.2) is 0 Å². The first-order valence-electron chi connectivity index (χ1n) is 10.7. The lowest BCUT2D eigenvalue weighted by Gasteiger charge is -2.22. The Kier molecular flexibility index (Phi) is 3.85. The van der Waals surface area contributed by atoms with Crippen molar-refractivity contribution in [1.82, 2.24) is 0 Å². The molecule has 1 N–H and O–H groups in total. The maximum atomic E-state index is 6.06. The van der Waals surface area contributed by atoms with Crippen LogP contribution in [0.3, 0.4) is 0 Å². The van der Waals surface area contributed by atoms with Crippen LogP contribution < -0.4 is 5.32 Å². The van der Waals surface area contributed by atoms with Crippen LogP contribution in [0.25, 0.3) is 33.4 Å². The average molecular weight is 402 g/mol. The van der Waals surface area contributed by atoms with E-state index >= 15 is 0 Å². The van der Waals surface area contributed by atoms with Crippen molar-refractivity contribution in [1.29, 1.82) is 0 Å². The van der Waals surface area contributed by atoms with Crippen molar-refractivity contribution in [2.45, 2.75) is 19.3 Å². The minimum atomic E-state index is -0.000257. The van der Waals surface area contributed by atoms with E-state index in [1.807, 2.05) is 18.2 Å². The first kappa shape index (κ1) is 18.0. The molecular weight excluding hydrogens is 378 g/mol. The zero-order chi connectivity index (χ0) is 21.0. The van der Waals surface area contributed by atoms with Crippen LogP contribution in [0.4, 0.5) is 11.4 Å². The normalized spacial score (nSPS) is 13.7. The number of fused-ring (bicyclic) bond motifs is 4. The molecule has 2 heteroatoms. The summed E-state index contributed by atoms with van der Waals surface area (Å²) in [5.41, 5.74) is 9.57. The van der Waals surface area contributed by atoms with Gasteiger partial charge >= 0.3 is 0 Å². The SMILES string of the molecule is CC1(C)c2ccccc2-c2ccc(Nc3cccc(-c4cc5ccccc5o4)c3)cc21. The smallest absolute Gasteiger partial charge is 0.135 e. The van der Waals surface area contributed by atoms with Crippen LogP contribution in [0.5, 0.6) is 0 Å². The highest BCUT2D eigenvalue weighted by Crippen LogP contribution is 2.49. The maximum absolute atomic E-state index is 6.06. The predicted octanol–water partition coefficient (Wildman–Crippen LogP) is 8.15. The molecule has 2 nitrogen and oxygen atoms in total. The second-order valence-corrected chi connectivity index (χ2v) is 8.79. The van der Waals surface area contributed by atoms with Crippen molar-refractivity contribution < 1.29 is 4.42 Å². The molecule has 150 valence electrons. The van der Waals surface area contributed by atoms with Crippen LogP contribution in [-0.2, 0) is 5.41 Å². The van der Waals surface area contributed by atoms with Gasteiger partial charge in [-0.15, -0.1) is 0 Å². The third-order valence-electron chi connectivity index (χ3n) is 6.44. The predicted molar refractivity (Wildman–Crippen MR) is 129 cm³/mol. The molecule has 5 aromatic rings. The van der Waals surface area contributed by atoms with Gasteiger partial charge in [-0.05, 0) is 58.7 Å². The molecule has 31 heavy (non-hydrogen) atoms. The fourth-order valence-electron chi connectivity index (χ4n) is 4.82. The van der Waals surface area contributed by atoms with Gasteiger partial charge in [0, 0.05) is 27.7 Å². The molecule has 1 aliphatic carbocycles. The Labute approximate surface area is 182 Å². The zero-order valence-corrected chi connectivity index (χ0v) is 17.6. The van der Waals surface area contributed by atoms with E-state index < -0.39 is 0 Å². The highest BCUT2D eigenvalue weighted by atomic mass is 16.3. The molecule has 0 aliphatic heterocycles. The van der Waals surface area contributed by atoms with E-state index in [9.17, 15) is 0 Å². The first-order valence-corrected chi connectivity index (χ1v) is 10.7. The second-order valence-electron chi connectivity index (χ2n) is 8.79. The van der Waals surface area contributed by atoms with E-state index in [1.165, 1.54) is 22.3 Å². The highest BCUT2D eigenvalue weighted by molar-refractivity contribution is 5.85. The molecule has 0 atom stereocenters. The Morgan fingerprint density at radius 2 is 1.42 bits per heavy atom. The largest absolute Gasteiger partial charge is 0.456 e. The molecule has 6 rings (SSSR count). The lowest BCUT2D eigenvalue weighted by atomic mass is 9.82. The summed E-state index contributed by atoms with van der Waals surface area (Å²) < 4.78 is 6.06. The molecule has 0 saturated carbocycles. The Morgan fingerprint density at radius 3 is 2.32 bits per heavy atom. The zero-order valence-electron chi connectivity index (χ0n) is 17.6. The van der Waals surface area contributed by atoms with E-state index in [2.05, 4.69) is 98.0 Å². The minimum absolute atomic E-state index is 0.000257. The molecule has 0 unspecified atom stereocenters. The van der Waals surface area contributed by atoms with Crippen LogP contribution in [0, 0.1) is 0 Å². The van der Waals surface area contributed by atoms with Gasteiger partial charge in [-0.2, -0.15) is 0 Å². The molecule has 0 radical (unpaired) electrons. The molecule has 0 fully saturated rings. The molecule has 0 amide bonds. The first-order chi connectivity index (χ1) is 15.1. The van der Waals surface area contributed by atoms with Crippen LogP contribution in [0.2, 0.25) is 0 Å². The molecule has 1 heterocycles. The van der Waals surface area contributed by atoms with Gasteiger partial charge < -0.3 is 9.73 Å². The average Bonchev–Trinajstić information content (AvgIpc) is 3.32. The number of para-hydroxylation sites is 1. The fourth-order valence-corrected chi connectivity index (χ4v) is 4.82. The summed E-state index contributed by atoms with van der Waals surface area (Å²) in [5, 5.41) is 4.72. The van der Waals surface area contributed by atoms with Crippen molar-refractivity contribution >= 4 is 22.3 Å². The number of benzene rings is 4. The highest BCUT2D eigenvalue weighted by Gasteiger charge is 2.35. The number of hydrogen-bond donors (Lipinski definition) is 1. The standard InChI is InChI=1S/C29H23NO/c1-29(2)25-12-5-4-11-23(25)24-15-14-22(18-26(24)29)30-21-10-7-9-19(16-21)28-17-20-8-3-6-13-27(20)31-28/h3-18,30H,1-2H3. The van der Waals surface area contributed by atoms with Crippen molar-refractivity contribution in [3.8, 4) is 22.5 Å². The molecule has 0 bridgehead atoms. The van der Waals surface area contributed by atoms with Gasteiger partial charge in [0.25, 0.3) is 0 Å². The lowest BCUT2D eigenvalue weighted by Crippen LogP contribution is -2.15. The molecule has 1 aliphatic rings. The Balaban J connectivity index is 1.34. The van der Waals surface area contributed by atoms with Crippen molar-refractivity contribution in [3.63, 3.8) is 0 Å². The molecule has 0 saturated heterocycles. The lowest BCUT2D eigenvalue weighted by molar-refractivity contribution is 0.631. The van der Waals surface area contributed by atoms with E-state index in [0.29, 0.717) is 0 Å². The maximum Gasteiger partial charge on any atom is 0.135 e. The number of furan rings is 1. The van der Waals surface area contributed by atoms with E-state index in [1.54, 1.807) is 0 Å². The number of hydrogen-bond acceptors (Lipinski definition) is 2. The summed E-state index contributed by atoms with van der Waals surface area (Å²) in [6, 6.07) is 34.1. The molecule has 1 aromatic heterocycles. The summed E-state index contributed by atoms with van der Waals surface area (Å²) in [5.74, 6) is 0.885. The van der Waals surface area contributed by atoms with Gasteiger partial charge in [0.15, 0.2) is 0 Å². The summed E-state index contributed by atoms with van der Waals surface area (Å²) in [7, 11) is 0. The van der Waals surface area contributed by atoms with Crippen molar-refractivity contribution in [2.75, 3.05) is 5.32 Å². The van der Waals surface area contributed by atoms with Gasteiger partial charge in [-0.1, -0.05) is 74.5 Å². The van der Waals surface area contributed by atoms with E-state index in [-0.39, 0.29) is 5.41 Å². The third-order valence-corrected chi connectivity index (χ3v) is 6.44. The van der Waals surface area contributed by atoms with E-state index in [4.69, 9.17) is 4.42 Å². The number of rotatable bonds is 3. The summed E-state index contributed by atoms with van der Waals surface area (Å²) in [6.07, 6.45) is 0. The number of anilines is 2. The van der Waals surface area contributed by atoms with Gasteiger partial charge in [0.05, 0.1) is 0 Å². The van der Waals surface area contributed by atoms with Crippen LogP contribution in [0.1, 0.15) is 25.0 Å². The topological polar surface area (TPSA) is 25.2 Å². The molecule has 4 aromatic carbocycles. The van der Waals surface area contributed by atoms with Gasteiger partial charge in [-0.3, -0.25) is 0 Å². The van der Waals surface area contributed by atoms with Crippen molar-refractivity contribution in [3.05, 3.63) is 108 Å². The third kappa shape index (κ3) is 2.87. The van der Waals surface area contributed by atoms with Crippen LogP contribution >= 0.6 is 0 Å². The minimum Gasteiger partial charge on any atom is -0.456 e. The van der Waals surface area contributed by atoms with Gasteiger partial charge in [0.2, 0.25) is 0 Å². The number of nitrogens with one attached hydrogen (secondary N) is 1. The monoisotopic (exact) mass is 401 g/mol. The quantitative estimate of drug-likeness (QED) is 0.330. The summed E-state index contributed by atoms with van der Waals surface area (Å²) >= 11 is 0. The van der Waals surface area contributed by atoms with Crippen LogP contribution in [0.15, 0.2) is 101 Å². The van der Waals surface area contributed by atoms with Gasteiger partial charge in [0.1, 0.15) is 11.3 Å². The van der Waals surface area contributed by atoms with Crippen LogP contribution in [-0.4, -0.2) is 0 Å². The second kappa shape index (κ2) is 6.61. The van der Waals surface area contributed by atoms with Crippen molar-refractivity contribution in [2.24, 2.45) is 0 Å². The molecule has 0 spiro atoms. The Hall–Kier alpha value is -3.78. The summed E-state index contributed by atoms with van der Waals surface area (Å²) in [6.45, 7) is 4.62. The Bertz CT molecular complexity index is 1410. The van der Waals surface area contributed by atoms with E-state index in [0.717, 1.165) is 33.7 Å². The summed E-state index contributed by atoms with van der Waals surface area (Å²) in [4.78, 5) is 0. The Morgan fingerprint density at radius 1 is 0.645 bits per heavy atom. The molecular formula is C29H23NO. The fraction of sp³-hybridized carbons (Fsp3) is 0.103.